The normalized spacial score (nSPS) is 11.8. The minimum absolute atomic E-state index is 0.745. The lowest BCUT2D eigenvalue weighted by Crippen LogP contribution is -2.16. The first-order valence-electron chi connectivity index (χ1n) is 3.90. The van der Waals surface area contributed by atoms with Gasteiger partial charge in [0.2, 0.25) is 0 Å². The highest BCUT2D eigenvalue weighted by Crippen LogP contribution is 2.25. The van der Waals surface area contributed by atoms with E-state index >= 15 is 0 Å². The molecule has 0 radical (unpaired) electrons. The number of rotatable bonds is 1. The predicted molar refractivity (Wildman–Crippen MR) is 54.1 cm³/mol. The van der Waals surface area contributed by atoms with Crippen LogP contribution >= 0.6 is 15.9 Å². The molecule has 0 saturated heterocycles. The second-order valence-corrected chi connectivity index (χ2v) is 4.43. The van der Waals surface area contributed by atoms with Crippen LogP contribution < -0.4 is 0 Å². The van der Waals surface area contributed by atoms with Crippen LogP contribution in [-0.4, -0.2) is 5.11 Å². The molecule has 0 aliphatic heterocycles. The molecule has 0 amide bonds. The molecule has 1 nitrogen and oxygen atoms in total. The Balaban J connectivity index is 3.19. The number of hydrogen-bond acceptors (Lipinski definition) is 1. The quantitative estimate of drug-likeness (QED) is 0.784. The van der Waals surface area contributed by atoms with E-state index in [1.807, 2.05) is 25.1 Å². The highest BCUT2D eigenvalue weighted by atomic mass is 79.9. The zero-order valence-electron chi connectivity index (χ0n) is 7.56. The predicted octanol–water partition coefficient (Wildman–Crippen LogP) is 2.98. The van der Waals surface area contributed by atoms with Crippen LogP contribution in [0.25, 0.3) is 0 Å². The van der Waals surface area contributed by atoms with E-state index in [1.165, 1.54) is 0 Å². The lowest BCUT2D eigenvalue weighted by atomic mass is 9.94. The summed E-state index contributed by atoms with van der Waals surface area (Å²) in [5, 5.41) is 9.75. The van der Waals surface area contributed by atoms with E-state index < -0.39 is 5.60 Å². The van der Waals surface area contributed by atoms with Crippen LogP contribution in [0.2, 0.25) is 0 Å². The van der Waals surface area contributed by atoms with E-state index in [9.17, 15) is 5.11 Å². The van der Waals surface area contributed by atoms with Gasteiger partial charge in [0, 0.05) is 4.47 Å². The molecule has 1 aromatic rings. The molecule has 0 heterocycles. The molecule has 66 valence electrons. The standard InChI is InChI=1S/C10H13BrO/c1-7-6-8(11)4-5-9(7)10(2,3)12/h4-6,12H,1-3H3. The molecule has 12 heavy (non-hydrogen) atoms. The maximum atomic E-state index is 9.75. The summed E-state index contributed by atoms with van der Waals surface area (Å²) in [5.41, 5.74) is 1.34. The van der Waals surface area contributed by atoms with Gasteiger partial charge < -0.3 is 5.11 Å². The van der Waals surface area contributed by atoms with Crippen molar-refractivity contribution in [3.63, 3.8) is 0 Å². The Morgan fingerprint density at radius 1 is 1.33 bits per heavy atom. The Morgan fingerprint density at radius 3 is 2.33 bits per heavy atom. The van der Waals surface area contributed by atoms with Gasteiger partial charge in [-0.05, 0) is 44.0 Å². The molecule has 0 bridgehead atoms. The second-order valence-electron chi connectivity index (χ2n) is 3.52. The fraction of sp³-hybridized carbons (Fsp3) is 0.400. The topological polar surface area (TPSA) is 20.2 Å². The molecule has 0 spiro atoms. The maximum Gasteiger partial charge on any atom is 0.0843 e. The fourth-order valence-electron chi connectivity index (χ4n) is 1.31. The summed E-state index contributed by atoms with van der Waals surface area (Å²) < 4.78 is 1.05. The van der Waals surface area contributed by atoms with Crippen LogP contribution in [-0.2, 0) is 5.60 Å². The van der Waals surface area contributed by atoms with Gasteiger partial charge in [-0.1, -0.05) is 22.0 Å². The summed E-state index contributed by atoms with van der Waals surface area (Å²) >= 11 is 3.38. The van der Waals surface area contributed by atoms with Gasteiger partial charge in [0.25, 0.3) is 0 Å². The zero-order valence-corrected chi connectivity index (χ0v) is 9.14. The summed E-state index contributed by atoms with van der Waals surface area (Å²) in [7, 11) is 0. The molecular weight excluding hydrogens is 216 g/mol. The molecule has 0 unspecified atom stereocenters. The summed E-state index contributed by atoms with van der Waals surface area (Å²) in [6, 6.07) is 5.90. The molecule has 0 fully saturated rings. The third-order valence-electron chi connectivity index (χ3n) is 1.85. The van der Waals surface area contributed by atoms with Crippen molar-refractivity contribution in [3.8, 4) is 0 Å². The number of halogens is 1. The van der Waals surface area contributed by atoms with Crippen LogP contribution in [0.3, 0.4) is 0 Å². The summed E-state index contributed by atoms with van der Waals surface area (Å²) in [6.45, 7) is 5.59. The largest absolute Gasteiger partial charge is 0.386 e. The lowest BCUT2D eigenvalue weighted by Gasteiger charge is -2.20. The average Bonchev–Trinajstić information content (AvgIpc) is 1.83. The molecule has 1 N–H and O–H groups in total. The molecule has 0 aliphatic rings. The number of aryl methyl sites for hydroxylation is 1. The minimum Gasteiger partial charge on any atom is -0.386 e. The van der Waals surface area contributed by atoms with Crippen molar-refractivity contribution in [3.05, 3.63) is 33.8 Å². The van der Waals surface area contributed by atoms with E-state index in [1.54, 1.807) is 13.8 Å². The monoisotopic (exact) mass is 228 g/mol. The van der Waals surface area contributed by atoms with Crippen molar-refractivity contribution >= 4 is 15.9 Å². The van der Waals surface area contributed by atoms with Gasteiger partial charge in [-0.25, -0.2) is 0 Å². The van der Waals surface area contributed by atoms with Gasteiger partial charge >= 0.3 is 0 Å². The van der Waals surface area contributed by atoms with Crippen molar-refractivity contribution in [1.82, 2.24) is 0 Å². The van der Waals surface area contributed by atoms with E-state index in [0.29, 0.717) is 0 Å². The summed E-state index contributed by atoms with van der Waals surface area (Å²) in [4.78, 5) is 0. The number of aliphatic hydroxyl groups is 1. The van der Waals surface area contributed by atoms with Crippen molar-refractivity contribution in [2.24, 2.45) is 0 Å². The number of benzene rings is 1. The SMILES string of the molecule is Cc1cc(Br)ccc1C(C)(C)O. The average molecular weight is 229 g/mol. The molecule has 0 aliphatic carbocycles. The van der Waals surface area contributed by atoms with Crippen molar-refractivity contribution in [2.75, 3.05) is 0 Å². The fourth-order valence-corrected chi connectivity index (χ4v) is 1.79. The van der Waals surface area contributed by atoms with Gasteiger partial charge in [0.15, 0.2) is 0 Å². The highest BCUT2D eigenvalue weighted by molar-refractivity contribution is 9.10. The third-order valence-corrected chi connectivity index (χ3v) is 2.34. The Kier molecular flexibility index (Phi) is 2.59. The van der Waals surface area contributed by atoms with Crippen LogP contribution in [0.4, 0.5) is 0 Å². The number of hydrogen-bond donors (Lipinski definition) is 1. The molecule has 0 atom stereocenters. The summed E-state index contributed by atoms with van der Waals surface area (Å²) in [5.74, 6) is 0. The smallest absolute Gasteiger partial charge is 0.0843 e. The first kappa shape index (κ1) is 9.75. The van der Waals surface area contributed by atoms with Gasteiger partial charge in [-0.3, -0.25) is 0 Å². The van der Waals surface area contributed by atoms with Gasteiger partial charge in [0.1, 0.15) is 0 Å². The van der Waals surface area contributed by atoms with E-state index in [-0.39, 0.29) is 0 Å². The minimum atomic E-state index is -0.745. The molecule has 2 heteroatoms. The van der Waals surface area contributed by atoms with Crippen molar-refractivity contribution < 1.29 is 5.11 Å². The van der Waals surface area contributed by atoms with Crippen LogP contribution in [0, 0.1) is 6.92 Å². The van der Waals surface area contributed by atoms with Crippen molar-refractivity contribution in [1.29, 1.82) is 0 Å². The maximum absolute atomic E-state index is 9.75. The first-order chi connectivity index (χ1) is 5.41. The Hall–Kier alpha value is -0.340. The van der Waals surface area contributed by atoms with E-state index in [4.69, 9.17) is 0 Å². The molecule has 0 saturated carbocycles. The van der Waals surface area contributed by atoms with Crippen LogP contribution in [0.1, 0.15) is 25.0 Å². The van der Waals surface area contributed by atoms with Gasteiger partial charge in [-0.2, -0.15) is 0 Å². The molecule has 1 aromatic carbocycles. The molecular formula is C10H13BrO. The van der Waals surface area contributed by atoms with Gasteiger partial charge in [0.05, 0.1) is 5.60 Å². The van der Waals surface area contributed by atoms with Crippen molar-refractivity contribution in [2.45, 2.75) is 26.4 Å². The van der Waals surface area contributed by atoms with E-state index in [2.05, 4.69) is 15.9 Å². The first-order valence-corrected chi connectivity index (χ1v) is 4.69. The molecule has 0 aromatic heterocycles. The highest BCUT2D eigenvalue weighted by Gasteiger charge is 2.17. The van der Waals surface area contributed by atoms with Crippen LogP contribution in [0.5, 0.6) is 0 Å². The Morgan fingerprint density at radius 2 is 1.92 bits per heavy atom. The Bertz CT molecular complexity index is 286. The van der Waals surface area contributed by atoms with Crippen LogP contribution in [0.15, 0.2) is 22.7 Å². The summed E-state index contributed by atoms with van der Waals surface area (Å²) in [6.07, 6.45) is 0. The lowest BCUT2D eigenvalue weighted by molar-refractivity contribution is 0.0779. The van der Waals surface area contributed by atoms with Gasteiger partial charge in [-0.15, -0.1) is 0 Å². The zero-order chi connectivity index (χ0) is 9.35. The molecule has 1 rings (SSSR count). The second kappa shape index (κ2) is 3.19. The third kappa shape index (κ3) is 2.08. The Labute approximate surface area is 81.6 Å². The van der Waals surface area contributed by atoms with E-state index in [0.717, 1.165) is 15.6 Å².